The Bertz CT molecular complexity index is 1300. The second kappa shape index (κ2) is 9.97. The van der Waals surface area contributed by atoms with E-state index in [1.807, 2.05) is 80.6 Å². The Morgan fingerprint density at radius 1 is 0.944 bits per heavy atom. The predicted octanol–water partition coefficient (Wildman–Crippen LogP) is 4.49. The molecule has 0 radical (unpaired) electrons. The average molecular weight is 482 g/mol. The van der Waals surface area contributed by atoms with E-state index in [0.717, 1.165) is 46.5 Å². The highest BCUT2D eigenvalue weighted by atomic mass is 16.2. The summed E-state index contributed by atoms with van der Waals surface area (Å²) in [5, 5.41) is 3.01. The molecule has 0 bridgehead atoms. The third-order valence-electron chi connectivity index (χ3n) is 7.34. The van der Waals surface area contributed by atoms with Crippen LogP contribution in [0.15, 0.2) is 72.8 Å². The fraction of sp³-hybridized carbons (Fsp3) is 0.300. The summed E-state index contributed by atoms with van der Waals surface area (Å²) >= 11 is 0. The summed E-state index contributed by atoms with van der Waals surface area (Å²) < 4.78 is 0. The van der Waals surface area contributed by atoms with Crippen LogP contribution in [-0.2, 0) is 20.8 Å². The van der Waals surface area contributed by atoms with Crippen LogP contribution in [0, 0.1) is 19.8 Å². The normalized spacial score (nSPS) is 18.1. The quantitative estimate of drug-likeness (QED) is 0.584. The summed E-state index contributed by atoms with van der Waals surface area (Å²) in [6.07, 6.45) is 1.93. The van der Waals surface area contributed by atoms with Gasteiger partial charge in [0.1, 0.15) is 6.04 Å². The smallest absolute Gasteiger partial charge is 0.254 e. The van der Waals surface area contributed by atoms with Crippen LogP contribution < -0.4 is 15.1 Å². The van der Waals surface area contributed by atoms with Gasteiger partial charge in [-0.15, -0.1) is 0 Å². The lowest BCUT2D eigenvalue weighted by Gasteiger charge is -2.33. The summed E-state index contributed by atoms with van der Waals surface area (Å²) in [6.45, 7) is 4.95. The lowest BCUT2D eigenvalue weighted by Crippen LogP contribution is -2.46. The van der Waals surface area contributed by atoms with E-state index in [-0.39, 0.29) is 24.1 Å². The highest BCUT2D eigenvalue weighted by Crippen LogP contribution is 2.31. The molecule has 1 saturated heterocycles. The van der Waals surface area contributed by atoms with Crippen molar-refractivity contribution in [2.75, 3.05) is 22.9 Å². The molecule has 0 aliphatic carbocycles. The molecule has 36 heavy (non-hydrogen) atoms. The van der Waals surface area contributed by atoms with E-state index in [9.17, 15) is 14.4 Å². The lowest BCUT2D eigenvalue weighted by atomic mass is 9.98. The molecule has 6 nitrogen and oxygen atoms in total. The summed E-state index contributed by atoms with van der Waals surface area (Å²) in [4.78, 5) is 43.6. The number of para-hydroxylation sites is 1. The molecular formula is C30H31N3O3. The van der Waals surface area contributed by atoms with Crippen molar-refractivity contribution in [1.82, 2.24) is 5.32 Å². The molecule has 2 aliphatic heterocycles. The summed E-state index contributed by atoms with van der Waals surface area (Å²) in [7, 11) is 0. The van der Waals surface area contributed by atoms with E-state index >= 15 is 0 Å². The zero-order chi connectivity index (χ0) is 25.2. The maximum atomic E-state index is 13.9. The Morgan fingerprint density at radius 3 is 2.47 bits per heavy atom. The number of amides is 3. The Hall–Kier alpha value is -3.93. The fourth-order valence-electron chi connectivity index (χ4n) is 5.14. The molecule has 3 amide bonds. The number of fused-ring (bicyclic) bond motifs is 1. The number of hydrogen-bond donors (Lipinski definition) is 1. The van der Waals surface area contributed by atoms with E-state index in [2.05, 4.69) is 11.4 Å². The van der Waals surface area contributed by atoms with Gasteiger partial charge in [-0.3, -0.25) is 14.4 Å². The second-order valence-corrected chi connectivity index (χ2v) is 9.75. The maximum Gasteiger partial charge on any atom is 0.254 e. The van der Waals surface area contributed by atoms with Crippen LogP contribution in [0.25, 0.3) is 0 Å². The van der Waals surface area contributed by atoms with Crippen LogP contribution >= 0.6 is 0 Å². The van der Waals surface area contributed by atoms with Gasteiger partial charge < -0.3 is 15.1 Å². The molecule has 2 atom stereocenters. The maximum absolute atomic E-state index is 13.9. The van der Waals surface area contributed by atoms with Crippen LogP contribution in [0.5, 0.6) is 0 Å². The molecule has 2 heterocycles. The van der Waals surface area contributed by atoms with Crippen LogP contribution in [0.2, 0.25) is 0 Å². The van der Waals surface area contributed by atoms with Crippen LogP contribution in [-0.4, -0.2) is 30.8 Å². The van der Waals surface area contributed by atoms with Crippen LogP contribution in [0.3, 0.4) is 0 Å². The van der Waals surface area contributed by atoms with E-state index in [0.29, 0.717) is 13.1 Å². The third-order valence-corrected chi connectivity index (χ3v) is 7.34. The first-order valence-corrected chi connectivity index (χ1v) is 12.5. The van der Waals surface area contributed by atoms with E-state index in [1.54, 1.807) is 9.80 Å². The standard InChI is InChI=1S/C30H31N3O3/c1-20-14-15-25(17-21(20)2)33-19-24(18-27(33)34)29(35)31-28(23-10-4-3-5-11-23)30(36)32-16-8-12-22-9-6-7-13-26(22)32/h3-7,9-11,13-15,17,24,28H,8,12,16,18-19H2,1-2H3,(H,31,35). The number of carbonyl (C=O) groups excluding carboxylic acids is 3. The summed E-state index contributed by atoms with van der Waals surface area (Å²) in [5.74, 6) is -1.03. The van der Waals surface area contributed by atoms with Gasteiger partial charge in [0.25, 0.3) is 5.91 Å². The second-order valence-electron chi connectivity index (χ2n) is 9.75. The largest absolute Gasteiger partial charge is 0.340 e. The molecule has 0 spiro atoms. The van der Waals surface area contributed by atoms with Crippen molar-refractivity contribution >= 4 is 29.1 Å². The van der Waals surface area contributed by atoms with Crippen molar-refractivity contribution in [3.63, 3.8) is 0 Å². The lowest BCUT2D eigenvalue weighted by molar-refractivity contribution is -0.130. The van der Waals surface area contributed by atoms with Crippen molar-refractivity contribution < 1.29 is 14.4 Å². The molecule has 3 aromatic carbocycles. The van der Waals surface area contributed by atoms with Gasteiger partial charge in [-0.2, -0.15) is 0 Å². The number of benzene rings is 3. The van der Waals surface area contributed by atoms with Crippen molar-refractivity contribution in [2.45, 2.75) is 39.2 Å². The Morgan fingerprint density at radius 2 is 1.69 bits per heavy atom. The summed E-state index contributed by atoms with van der Waals surface area (Å²) in [5.41, 5.74) is 5.84. The van der Waals surface area contributed by atoms with Gasteiger partial charge in [-0.25, -0.2) is 0 Å². The molecule has 3 aromatic rings. The Balaban J connectivity index is 1.37. The Labute approximate surface area is 211 Å². The van der Waals surface area contributed by atoms with E-state index in [4.69, 9.17) is 0 Å². The molecule has 0 saturated carbocycles. The van der Waals surface area contributed by atoms with E-state index in [1.165, 1.54) is 0 Å². The number of nitrogens with zero attached hydrogens (tertiary/aromatic N) is 2. The zero-order valence-corrected chi connectivity index (χ0v) is 20.7. The highest BCUT2D eigenvalue weighted by molar-refractivity contribution is 6.03. The van der Waals surface area contributed by atoms with Gasteiger partial charge in [-0.05, 0) is 67.1 Å². The minimum Gasteiger partial charge on any atom is -0.340 e. The van der Waals surface area contributed by atoms with Gasteiger partial charge >= 0.3 is 0 Å². The van der Waals surface area contributed by atoms with E-state index < -0.39 is 12.0 Å². The minimum atomic E-state index is -0.823. The molecule has 1 fully saturated rings. The molecule has 2 aliphatic rings. The fourth-order valence-corrected chi connectivity index (χ4v) is 5.14. The van der Waals surface area contributed by atoms with Crippen LogP contribution in [0.1, 0.15) is 41.1 Å². The first kappa shape index (κ1) is 23.8. The first-order valence-electron chi connectivity index (χ1n) is 12.5. The third kappa shape index (κ3) is 4.63. The number of rotatable bonds is 5. The number of anilines is 2. The van der Waals surface area contributed by atoms with Crippen molar-refractivity contribution in [3.05, 3.63) is 95.1 Å². The topological polar surface area (TPSA) is 69.7 Å². The molecule has 5 rings (SSSR count). The number of hydrogen-bond acceptors (Lipinski definition) is 3. The van der Waals surface area contributed by atoms with Crippen molar-refractivity contribution in [3.8, 4) is 0 Å². The molecule has 1 N–H and O–H groups in total. The SMILES string of the molecule is Cc1ccc(N2CC(C(=O)NC(C(=O)N3CCCc4ccccc43)c3ccccc3)CC2=O)cc1C. The molecule has 2 unspecified atom stereocenters. The van der Waals surface area contributed by atoms with Gasteiger partial charge in [0.05, 0.1) is 5.92 Å². The minimum absolute atomic E-state index is 0.0778. The van der Waals surface area contributed by atoms with Gasteiger partial charge in [0.15, 0.2) is 0 Å². The number of aryl methyl sites for hydroxylation is 3. The number of carbonyl (C=O) groups is 3. The highest BCUT2D eigenvalue weighted by Gasteiger charge is 2.38. The summed E-state index contributed by atoms with van der Waals surface area (Å²) in [6, 6.07) is 22.4. The molecule has 6 heteroatoms. The first-order chi connectivity index (χ1) is 17.4. The number of nitrogens with one attached hydrogen (secondary N) is 1. The Kier molecular flexibility index (Phi) is 6.59. The molecule has 184 valence electrons. The predicted molar refractivity (Wildman–Crippen MR) is 141 cm³/mol. The van der Waals surface area contributed by atoms with Gasteiger partial charge in [0.2, 0.25) is 11.8 Å². The van der Waals surface area contributed by atoms with Gasteiger partial charge in [-0.1, -0.05) is 54.6 Å². The van der Waals surface area contributed by atoms with Crippen molar-refractivity contribution in [2.24, 2.45) is 5.92 Å². The molecule has 0 aromatic heterocycles. The van der Waals surface area contributed by atoms with Gasteiger partial charge in [0, 0.05) is 30.9 Å². The van der Waals surface area contributed by atoms with Crippen LogP contribution in [0.4, 0.5) is 11.4 Å². The average Bonchev–Trinajstić information content (AvgIpc) is 3.30. The zero-order valence-electron chi connectivity index (χ0n) is 20.7. The van der Waals surface area contributed by atoms with Crippen molar-refractivity contribution in [1.29, 1.82) is 0 Å². The monoisotopic (exact) mass is 481 g/mol. The molecular weight excluding hydrogens is 450 g/mol.